The fourth-order valence-corrected chi connectivity index (χ4v) is 3.17. The molecular formula is C19H20O6. The Morgan fingerprint density at radius 2 is 1.96 bits per heavy atom. The molecule has 2 aliphatic rings. The van der Waals surface area contributed by atoms with Gasteiger partial charge in [0.25, 0.3) is 0 Å². The highest BCUT2D eigenvalue weighted by Gasteiger charge is 2.58. The molecule has 1 saturated heterocycles. The largest absolute Gasteiger partial charge is 0.484 e. The molecule has 0 spiro atoms. The lowest BCUT2D eigenvalue weighted by molar-refractivity contribution is -0.166. The van der Waals surface area contributed by atoms with Crippen LogP contribution in [0.4, 0.5) is 0 Å². The van der Waals surface area contributed by atoms with Gasteiger partial charge in [-0.15, -0.1) is 0 Å². The first-order valence-electron chi connectivity index (χ1n) is 8.34. The van der Waals surface area contributed by atoms with Crippen molar-refractivity contribution < 1.29 is 23.4 Å². The first-order valence-corrected chi connectivity index (χ1v) is 8.34. The maximum Gasteiger partial charge on any atom is 0.341 e. The fourth-order valence-electron chi connectivity index (χ4n) is 3.17. The zero-order chi connectivity index (χ0) is 18.0. The molecule has 0 radical (unpaired) electrons. The molecule has 0 bridgehead atoms. The van der Waals surface area contributed by atoms with E-state index in [1.54, 1.807) is 19.1 Å². The SMILES string of the molecule is C[C@H]1O[C@@]1(C)C(=O)O[C@H]1Cc2cc3ccc(=O)oc3cc2OC1(C)C. The summed E-state index contributed by atoms with van der Waals surface area (Å²) in [4.78, 5) is 23.8. The minimum absolute atomic E-state index is 0.133. The van der Waals surface area contributed by atoms with Crippen molar-refractivity contribution in [3.05, 3.63) is 40.2 Å². The van der Waals surface area contributed by atoms with Gasteiger partial charge in [0.15, 0.2) is 5.60 Å². The van der Waals surface area contributed by atoms with Gasteiger partial charge in [-0.05, 0) is 45.4 Å². The Hall–Kier alpha value is -2.34. The van der Waals surface area contributed by atoms with Crippen molar-refractivity contribution in [2.45, 2.75) is 57.5 Å². The van der Waals surface area contributed by atoms with Crippen LogP contribution >= 0.6 is 0 Å². The Morgan fingerprint density at radius 1 is 1.24 bits per heavy atom. The lowest BCUT2D eigenvalue weighted by Gasteiger charge is -2.39. The summed E-state index contributed by atoms with van der Waals surface area (Å²) in [6, 6.07) is 6.72. The fraction of sp³-hybridized carbons (Fsp3) is 0.474. The van der Waals surface area contributed by atoms with E-state index in [2.05, 4.69) is 0 Å². The summed E-state index contributed by atoms with van der Waals surface area (Å²) < 4.78 is 22.4. The first-order chi connectivity index (χ1) is 11.7. The standard InChI is InChI=1S/C19H20O6/c1-10-19(4,24-10)17(21)23-15-8-12-7-11-5-6-16(20)22-13(11)9-14(12)25-18(15,2)3/h5-7,9-10,15H,8H2,1-4H3/t10-,15+,19-/m1/s1. The van der Waals surface area contributed by atoms with Crippen LogP contribution in [0.25, 0.3) is 11.0 Å². The van der Waals surface area contributed by atoms with Crippen LogP contribution in [0.3, 0.4) is 0 Å². The minimum Gasteiger partial charge on any atom is -0.484 e. The quantitative estimate of drug-likeness (QED) is 0.473. The maximum atomic E-state index is 12.4. The summed E-state index contributed by atoms with van der Waals surface area (Å²) in [5.41, 5.74) is -0.581. The van der Waals surface area contributed by atoms with Crippen molar-refractivity contribution in [1.29, 1.82) is 0 Å². The molecule has 0 saturated carbocycles. The number of carbonyl (C=O) groups is 1. The number of carbonyl (C=O) groups excluding carboxylic acids is 1. The number of fused-ring (bicyclic) bond motifs is 2. The number of rotatable bonds is 2. The summed E-state index contributed by atoms with van der Waals surface area (Å²) in [5.74, 6) is 0.276. The molecule has 6 nitrogen and oxygen atoms in total. The number of hydrogen-bond donors (Lipinski definition) is 0. The highest BCUT2D eigenvalue weighted by atomic mass is 16.7. The van der Waals surface area contributed by atoms with Crippen molar-refractivity contribution in [1.82, 2.24) is 0 Å². The van der Waals surface area contributed by atoms with Gasteiger partial charge < -0.3 is 18.6 Å². The van der Waals surface area contributed by atoms with Crippen molar-refractivity contribution in [3.63, 3.8) is 0 Å². The molecule has 25 heavy (non-hydrogen) atoms. The summed E-state index contributed by atoms with van der Waals surface area (Å²) >= 11 is 0. The van der Waals surface area contributed by atoms with Gasteiger partial charge in [-0.3, -0.25) is 0 Å². The minimum atomic E-state index is -0.858. The summed E-state index contributed by atoms with van der Waals surface area (Å²) in [5, 5.41) is 0.804. The van der Waals surface area contributed by atoms with E-state index < -0.39 is 22.9 Å². The third-order valence-corrected chi connectivity index (χ3v) is 5.15. The average molecular weight is 344 g/mol. The zero-order valence-corrected chi connectivity index (χ0v) is 14.6. The Balaban J connectivity index is 1.66. The molecular weight excluding hydrogens is 324 g/mol. The van der Waals surface area contributed by atoms with E-state index in [9.17, 15) is 9.59 Å². The first kappa shape index (κ1) is 16.1. The molecule has 0 amide bonds. The molecule has 1 aromatic heterocycles. The second kappa shape index (κ2) is 5.08. The van der Waals surface area contributed by atoms with E-state index in [4.69, 9.17) is 18.6 Å². The lowest BCUT2D eigenvalue weighted by atomic mass is 9.90. The lowest BCUT2D eigenvalue weighted by Crippen LogP contribution is -2.50. The molecule has 0 N–H and O–H groups in total. The van der Waals surface area contributed by atoms with Gasteiger partial charge in [-0.2, -0.15) is 0 Å². The smallest absolute Gasteiger partial charge is 0.341 e. The number of hydrogen-bond acceptors (Lipinski definition) is 6. The Bertz CT molecular complexity index is 927. The molecule has 3 atom stereocenters. The molecule has 6 heteroatoms. The van der Waals surface area contributed by atoms with Crippen molar-refractivity contribution >= 4 is 16.9 Å². The van der Waals surface area contributed by atoms with Gasteiger partial charge in [0, 0.05) is 23.9 Å². The zero-order valence-electron chi connectivity index (χ0n) is 14.6. The average Bonchev–Trinajstić information content (AvgIpc) is 3.14. The molecule has 4 rings (SSSR count). The third kappa shape index (κ3) is 2.61. The normalized spacial score (nSPS) is 29.6. The summed E-state index contributed by atoms with van der Waals surface area (Å²) in [7, 11) is 0. The topological polar surface area (TPSA) is 78.3 Å². The Kier molecular flexibility index (Phi) is 3.28. The van der Waals surface area contributed by atoms with E-state index in [0.29, 0.717) is 17.8 Å². The summed E-state index contributed by atoms with van der Waals surface area (Å²) in [6.45, 7) is 7.33. The molecule has 1 fully saturated rings. The third-order valence-electron chi connectivity index (χ3n) is 5.15. The number of epoxide rings is 1. The summed E-state index contributed by atoms with van der Waals surface area (Å²) in [6.07, 6.45) is -0.0474. The predicted octanol–water partition coefficient (Wildman–Crippen LogP) is 2.60. The van der Waals surface area contributed by atoms with E-state index >= 15 is 0 Å². The molecule has 1 aromatic carbocycles. The number of ether oxygens (including phenoxy) is 3. The predicted molar refractivity (Wildman–Crippen MR) is 89.7 cm³/mol. The van der Waals surface area contributed by atoms with Crippen molar-refractivity contribution in [2.24, 2.45) is 0 Å². The van der Waals surface area contributed by atoms with Crippen LogP contribution in [0, 0.1) is 0 Å². The van der Waals surface area contributed by atoms with Crippen LogP contribution in [-0.2, 0) is 20.7 Å². The van der Waals surface area contributed by atoms with Crippen LogP contribution in [0.1, 0.15) is 33.3 Å². The molecule has 132 valence electrons. The Labute approximate surface area is 144 Å². The van der Waals surface area contributed by atoms with Crippen LogP contribution in [0.15, 0.2) is 33.5 Å². The van der Waals surface area contributed by atoms with Gasteiger partial charge in [-0.1, -0.05) is 0 Å². The van der Waals surface area contributed by atoms with Crippen LogP contribution in [-0.4, -0.2) is 29.4 Å². The van der Waals surface area contributed by atoms with Gasteiger partial charge >= 0.3 is 11.6 Å². The van der Waals surface area contributed by atoms with Gasteiger partial charge in [0.2, 0.25) is 0 Å². The highest BCUT2D eigenvalue weighted by molar-refractivity contribution is 5.83. The maximum absolute atomic E-state index is 12.4. The van der Waals surface area contributed by atoms with Gasteiger partial charge in [0.05, 0.1) is 6.10 Å². The number of benzene rings is 1. The second-order valence-corrected chi connectivity index (χ2v) is 7.42. The van der Waals surface area contributed by atoms with Gasteiger partial charge in [0.1, 0.15) is 23.0 Å². The van der Waals surface area contributed by atoms with Crippen molar-refractivity contribution in [3.8, 4) is 5.75 Å². The molecule has 0 aliphatic carbocycles. The van der Waals surface area contributed by atoms with E-state index in [1.165, 1.54) is 6.07 Å². The van der Waals surface area contributed by atoms with Gasteiger partial charge in [-0.25, -0.2) is 9.59 Å². The monoisotopic (exact) mass is 344 g/mol. The van der Waals surface area contributed by atoms with Crippen LogP contribution in [0.5, 0.6) is 5.75 Å². The van der Waals surface area contributed by atoms with Crippen molar-refractivity contribution in [2.75, 3.05) is 0 Å². The van der Waals surface area contributed by atoms with E-state index in [-0.39, 0.29) is 12.1 Å². The Morgan fingerprint density at radius 3 is 2.64 bits per heavy atom. The molecule has 2 aromatic rings. The second-order valence-electron chi connectivity index (χ2n) is 7.42. The van der Waals surface area contributed by atoms with E-state index in [1.807, 2.05) is 26.8 Å². The molecule has 3 heterocycles. The van der Waals surface area contributed by atoms with Crippen LogP contribution < -0.4 is 10.4 Å². The molecule has 0 unspecified atom stereocenters. The van der Waals surface area contributed by atoms with E-state index in [0.717, 1.165) is 10.9 Å². The van der Waals surface area contributed by atoms with Crippen LogP contribution in [0.2, 0.25) is 0 Å². The number of esters is 1. The molecule has 2 aliphatic heterocycles. The highest BCUT2D eigenvalue weighted by Crippen LogP contribution is 2.41.